The third-order valence-corrected chi connectivity index (χ3v) is 4.86. The summed E-state index contributed by atoms with van der Waals surface area (Å²) in [6.45, 7) is 8.65. The zero-order valence-electron chi connectivity index (χ0n) is 15.9. The van der Waals surface area contributed by atoms with Gasteiger partial charge < -0.3 is 10.2 Å². The molecule has 1 N–H and O–H groups in total. The third-order valence-electron chi connectivity index (χ3n) is 4.86. The molecule has 0 saturated carbocycles. The Kier molecular flexibility index (Phi) is 5.12. The van der Waals surface area contributed by atoms with E-state index in [9.17, 15) is 9.59 Å². The van der Waals surface area contributed by atoms with Crippen molar-refractivity contribution in [3.63, 3.8) is 0 Å². The van der Waals surface area contributed by atoms with Crippen molar-refractivity contribution in [2.45, 2.75) is 46.7 Å². The van der Waals surface area contributed by atoms with E-state index in [0.29, 0.717) is 24.4 Å². The molecule has 26 heavy (non-hydrogen) atoms. The Bertz CT molecular complexity index is 842. The topological polar surface area (TPSA) is 49.4 Å². The summed E-state index contributed by atoms with van der Waals surface area (Å²) >= 11 is 0. The molecule has 0 bridgehead atoms. The van der Waals surface area contributed by atoms with Gasteiger partial charge in [-0.25, -0.2) is 0 Å². The fraction of sp³-hybridized carbons (Fsp3) is 0.364. The summed E-state index contributed by atoms with van der Waals surface area (Å²) < 4.78 is 0. The number of aryl methyl sites for hydroxylation is 2. The van der Waals surface area contributed by atoms with Gasteiger partial charge in [0.25, 0.3) is 5.91 Å². The molecule has 136 valence electrons. The maximum atomic E-state index is 13.1. The van der Waals surface area contributed by atoms with Crippen molar-refractivity contribution in [3.05, 3.63) is 64.7 Å². The zero-order valence-corrected chi connectivity index (χ0v) is 15.9. The van der Waals surface area contributed by atoms with Crippen LogP contribution in [0.25, 0.3) is 0 Å². The van der Waals surface area contributed by atoms with Gasteiger partial charge in [0, 0.05) is 17.8 Å². The van der Waals surface area contributed by atoms with Crippen LogP contribution in [0.4, 0.5) is 5.69 Å². The number of amides is 2. The number of nitrogens with one attached hydrogen (secondary N) is 1. The highest BCUT2D eigenvalue weighted by atomic mass is 16.2. The highest BCUT2D eigenvalue weighted by Gasteiger charge is 2.36. The van der Waals surface area contributed by atoms with Crippen LogP contribution >= 0.6 is 0 Å². The van der Waals surface area contributed by atoms with Crippen molar-refractivity contribution >= 4 is 17.5 Å². The van der Waals surface area contributed by atoms with Crippen LogP contribution in [-0.4, -0.2) is 22.8 Å². The molecule has 2 aromatic rings. The molecule has 3 rings (SSSR count). The van der Waals surface area contributed by atoms with E-state index in [4.69, 9.17) is 0 Å². The lowest BCUT2D eigenvalue weighted by molar-refractivity contribution is -0.121. The van der Waals surface area contributed by atoms with Gasteiger partial charge in [0.05, 0.1) is 0 Å². The van der Waals surface area contributed by atoms with Crippen LogP contribution in [0.1, 0.15) is 47.3 Å². The van der Waals surface area contributed by atoms with Crippen molar-refractivity contribution < 1.29 is 9.59 Å². The van der Waals surface area contributed by atoms with E-state index in [0.717, 1.165) is 22.4 Å². The van der Waals surface area contributed by atoms with E-state index in [2.05, 4.69) is 19.2 Å². The third kappa shape index (κ3) is 3.64. The van der Waals surface area contributed by atoms with Gasteiger partial charge in [-0.05, 0) is 49.4 Å². The van der Waals surface area contributed by atoms with Gasteiger partial charge in [-0.15, -0.1) is 0 Å². The van der Waals surface area contributed by atoms with Crippen LogP contribution in [0.15, 0.2) is 42.5 Å². The number of rotatable bonds is 5. The molecule has 1 aliphatic heterocycles. The molecule has 0 unspecified atom stereocenters. The number of benzene rings is 2. The zero-order chi connectivity index (χ0) is 18.8. The molecule has 0 saturated heterocycles. The Labute approximate surface area is 155 Å². The SMILES string of the molecule is Cc1ccc(NC(=O)[C@@H](CC(C)C)N2Cc3ccccc3C2=O)c(C)c1. The Balaban J connectivity index is 1.84. The molecule has 0 fully saturated rings. The number of carbonyl (C=O) groups is 2. The van der Waals surface area contributed by atoms with Crippen LogP contribution in [0, 0.1) is 19.8 Å². The van der Waals surface area contributed by atoms with Crippen LogP contribution < -0.4 is 5.32 Å². The Morgan fingerprint density at radius 1 is 1.15 bits per heavy atom. The van der Waals surface area contributed by atoms with Gasteiger partial charge in [0.2, 0.25) is 5.91 Å². The molecule has 0 aromatic heterocycles. The van der Waals surface area contributed by atoms with E-state index < -0.39 is 6.04 Å². The second kappa shape index (κ2) is 7.32. The first-order chi connectivity index (χ1) is 12.4. The lowest BCUT2D eigenvalue weighted by atomic mass is 10.0. The van der Waals surface area contributed by atoms with E-state index in [1.54, 1.807) is 4.90 Å². The highest BCUT2D eigenvalue weighted by Crippen LogP contribution is 2.28. The minimum atomic E-state index is -0.476. The van der Waals surface area contributed by atoms with Crippen molar-refractivity contribution in [1.82, 2.24) is 4.90 Å². The number of fused-ring (bicyclic) bond motifs is 1. The van der Waals surface area contributed by atoms with Crippen LogP contribution in [0.5, 0.6) is 0 Å². The summed E-state index contributed by atoms with van der Waals surface area (Å²) in [4.78, 5) is 27.6. The summed E-state index contributed by atoms with van der Waals surface area (Å²) in [6, 6.07) is 13.1. The number of hydrogen-bond donors (Lipinski definition) is 1. The average molecular weight is 350 g/mol. The lowest BCUT2D eigenvalue weighted by Crippen LogP contribution is -2.45. The number of anilines is 1. The number of carbonyl (C=O) groups excluding carboxylic acids is 2. The second-order valence-corrected chi connectivity index (χ2v) is 7.54. The predicted octanol–water partition coefficient (Wildman–Crippen LogP) is 4.31. The summed E-state index contributed by atoms with van der Waals surface area (Å²) in [7, 11) is 0. The molecule has 0 spiro atoms. The first-order valence-corrected chi connectivity index (χ1v) is 9.14. The summed E-state index contributed by atoms with van der Waals surface area (Å²) in [6.07, 6.45) is 0.635. The van der Waals surface area contributed by atoms with Crippen molar-refractivity contribution in [3.8, 4) is 0 Å². The van der Waals surface area contributed by atoms with E-state index in [1.165, 1.54) is 0 Å². The Hall–Kier alpha value is -2.62. The number of hydrogen-bond acceptors (Lipinski definition) is 2. The lowest BCUT2D eigenvalue weighted by Gasteiger charge is -2.28. The average Bonchev–Trinajstić information content (AvgIpc) is 2.92. The summed E-state index contributed by atoms with van der Waals surface area (Å²) in [5.41, 5.74) is 4.69. The first-order valence-electron chi connectivity index (χ1n) is 9.14. The van der Waals surface area contributed by atoms with Crippen molar-refractivity contribution in [1.29, 1.82) is 0 Å². The molecule has 2 aromatic carbocycles. The summed E-state index contributed by atoms with van der Waals surface area (Å²) in [5.74, 6) is 0.134. The fourth-order valence-corrected chi connectivity index (χ4v) is 3.52. The minimum absolute atomic E-state index is 0.0537. The molecule has 1 heterocycles. The smallest absolute Gasteiger partial charge is 0.255 e. The minimum Gasteiger partial charge on any atom is -0.324 e. The Morgan fingerprint density at radius 2 is 1.88 bits per heavy atom. The van der Waals surface area contributed by atoms with Crippen molar-refractivity contribution in [2.75, 3.05) is 5.32 Å². The maximum absolute atomic E-state index is 13.1. The van der Waals surface area contributed by atoms with E-state index in [1.807, 2.05) is 56.3 Å². The van der Waals surface area contributed by atoms with Gasteiger partial charge in [-0.3, -0.25) is 9.59 Å². The van der Waals surface area contributed by atoms with E-state index in [-0.39, 0.29) is 11.8 Å². The largest absolute Gasteiger partial charge is 0.324 e. The normalized spacial score (nSPS) is 14.5. The summed E-state index contributed by atoms with van der Waals surface area (Å²) in [5, 5.41) is 3.03. The molecule has 4 heteroatoms. The van der Waals surface area contributed by atoms with Crippen LogP contribution in [0.3, 0.4) is 0 Å². The quantitative estimate of drug-likeness (QED) is 0.873. The van der Waals surface area contributed by atoms with Gasteiger partial charge >= 0.3 is 0 Å². The molecular weight excluding hydrogens is 324 g/mol. The monoisotopic (exact) mass is 350 g/mol. The van der Waals surface area contributed by atoms with Gasteiger partial charge in [-0.2, -0.15) is 0 Å². The molecule has 4 nitrogen and oxygen atoms in total. The highest BCUT2D eigenvalue weighted by molar-refractivity contribution is 6.03. The van der Waals surface area contributed by atoms with Gasteiger partial charge in [0.15, 0.2) is 0 Å². The Morgan fingerprint density at radius 3 is 2.54 bits per heavy atom. The van der Waals surface area contributed by atoms with Gasteiger partial charge in [0.1, 0.15) is 6.04 Å². The second-order valence-electron chi connectivity index (χ2n) is 7.54. The molecule has 2 amide bonds. The van der Waals surface area contributed by atoms with Crippen molar-refractivity contribution in [2.24, 2.45) is 5.92 Å². The molecule has 0 radical (unpaired) electrons. The predicted molar refractivity (Wildman–Crippen MR) is 104 cm³/mol. The molecule has 0 aliphatic carbocycles. The van der Waals surface area contributed by atoms with Crippen LogP contribution in [0.2, 0.25) is 0 Å². The van der Waals surface area contributed by atoms with E-state index >= 15 is 0 Å². The fourth-order valence-electron chi connectivity index (χ4n) is 3.52. The molecule has 1 aliphatic rings. The number of nitrogens with zero attached hydrogens (tertiary/aromatic N) is 1. The maximum Gasteiger partial charge on any atom is 0.255 e. The standard InChI is InChI=1S/C22H26N2O2/c1-14(2)11-20(21(25)23-19-10-9-15(3)12-16(19)4)24-13-17-7-5-6-8-18(17)22(24)26/h5-10,12,14,20H,11,13H2,1-4H3,(H,23,25)/t20-/m1/s1. The van der Waals surface area contributed by atoms with Gasteiger partial charge in [-0.1, -0.05) is 49.7 Å². The molecular formula is C22H26N2O2. The first kappa shape index (κ1) is 18.2. The molecule has 1 atom stereocenters. The van der Waals surface area contributed by atoms with Crippen LogP contribution in [-0.2, 0) is 11.3 Å².